The second-order valence-electron chi connectivity index (χ2n) is 6.07. The third-order valence-electron chi connectivity index (χ3n) is 4.94. The minimum atomic E-state index is -2.42. The van der Waals surface area contributed by atoms with Gasteiger partial charge in [-0.1, -0.05) is 78.9 Å². The van der Waals surface area contributed by atoms with Gasteiger partial charge in [0.15, 0.2) is 0 Å². The van der Waals surface area contributed by atoms with Crippen molar-refractivity contribution in [3.8, 4) is 0 Å². The van der Waals surface area contributed by atoms with Gasteiger partial charge >= 0.3 is 0 Å². The number of hydrogen-bond donors (Lipinski definition) is 0. The predicted molar refractivity (Wildman–Crippen MR) is 98.4 cm³/mol. The molecule has 0 aromatic heterocycles. The smallest absolute Gasteiger partial charge is 0.288 e. The Labute approximate surface area is 138 Å². The quantitative estimate of drug-likeness (QED) is 0.660. The molecule has 23 heavy (non-hydrogen) atoms. The molecule has 3 aromatic carbocycles. The average molecular weight is 316 g/mol. The van der Waals surface area contributed by atoms with E-state index < -0.39 is 8.32 Å². The van der Waals surface area contributed by atoms with E-state index in [1.165, 1.54) is 26.7 Å². The molecule has 0 aliphatic carbocycles. The molecule has 0 fully saturated rings. The van der Waals surface area contributed by atoms with Crippen LogP contribution in [-0.4, -0.2) is 15.4 Å². The lowest BCUT2D eigenvalue weighted by atomic mass is 10.0. The molecule has 2 heteroatoms. The number of benzene rings is 3. The first-order valence-corrected chi connectivity index (χ1v) is 10.0. The van der Waals surface area contributed by atoms with Crippen molar-refractivity contribution in [3.63, 3.8) is 0 Å². The molecule has 0 amide bonds. The summed E-state index contributed by atoms with van der Waals surface area (Å²) in [7, 11) is -0.537. The summed E-state index contributed by atoms with van der Waals surface area (Å²) >= 11 is 0. The van der Waals surface area contributed by atoms with E-state index in [1.54, 1.807) is 0 Å². The molecule has 0 radical (unpaired) electrons. The summed E-state index contributed by atoms with van der Waals surface area (Å²) < 4.78 is 6.44. The molecule has 1 heterocycles. The highest BCUT2D eigenvalue weighted by molar-refractivity contribution is 7.07. The molecule has 0 saturated carbocycles. The molecule has 1 aliphatic rings. The van der Waals surface area contributed by atoms with Gasteiger partial charge in [0.1, 0.15) is 0 Å². The number of hydrogen-bond acceptors (Lipinski definition) is 1. The maximum Gasteiger partial charge on any atom is 0.288 e. The van der Waals surface area contributed by atoms with Gasteiger partial charge < -0.3 is 4.43 Å². The molecule has 1 aliphatic heterocycles. The Bertz CT molecular complexity index is 779. The van der Waals surface area contributed by atoms with Crippen LogP contribution in [0.4, 0.5) is 0 Å². The van der Waals surface area contributed by atoms with E-state index in [9.17, 15) is 0 Å². The molecule has 4 rings (SSSR count). The molecule has 1 nitrogen and oxygen atoms in total. The van der Waals surface area contributed by atoms with Crippen LogP contribution in [0.2, 0.25) is 0 Å². The topological polar surface area (TPSA) is 9.23 Å². The molecular formula is C21H20OSi. The largest absolute Gasteiger partial charge is 0.408 e. The molecule has 0 saturated heterocycles. The van der Waals surface area contributed by atoms with E-state index in [0.29, 0.717) is 0 Å². The molecule has 0 bridgehead atoms. The van der Waals surface area contributed by atoms with Crippen LogP contribution in [0.1, 0.15) is 11.1 Å². The van der Waals surface area contributed by atoms with Crippen LogP contribution in [0.15, 0.2) is 78.9 Å². The van der Waals surface area contributed by atoms with Gasteiger partial charge in [0.2, 0.25) is 0 Å². The Morgan fingerprint density at radius 1 is 0.652 bits per heavy atom. The maximum absolute atomic E-state index is 6.44. The molecule has 114 valence electrons. The number of fused-ring (bicyclic) bond motifs is 2. The molecular weight excluding hydrogens is 296 g/mol. The lowest BCUT2D eigenvalue weighted by molar-refractivity contribution is 0.426. The fourth-order valence-electron chi connectivity index (χ4n) is 3.90. The van der Waals surface area contributed by atoms with Gasteiger partial charge in [-0.05, 0) is 39.5 Å². The Morgan fingerprint density at radius 3 is 1.65 bits per heavy atom. The van der Waals surface area contributed by atoms with Crippen LogP contribution >= 0.6 is 0 Å². The average Bonchev–Trinajstić information content (AvgIpc) is 2.78. The number of aryl methyl sites for hydroxylation is 2. The van der Waals surface area contributed by atoms with Crippen molar-refractivity contribution < 1.29 is 4.43 Å². The van der Waals surface area contributed by atoms with Gasteiger partial charge in [0, 0.05) is 7.11 Å². The zero-order valence-electron chi connectivity index (χ0n) is 13.3. The van der Waals surface area contributed by atoms with Crippen LogP contribution in [0, 0.1) is 0 Å². The summed E-state index contributed by atoms with van der Waals surface area (Å²) in [6.07, 6.45) is 2.16. The summed E-state index contributed by atoms with van der Waals surface area (Å²) in [4.78, 5) is 0. The summed E-state index contributed by atoms with van der Waals surface area (Å²) in [5, 5.41) is 4.13. The fourth-order valence-corrected chi connectivity index (χ4v) is 8.13. The molecule has 0 N–H and O–H groups in total. The lowest BCUT2D eigenvalue weighted by Crippen LogP contribution is -2.69. The van der Waals surface area contributed by atoms with Gasteiger partial charge in [0.05, 0.1) is 0 Å². The van der Waals surface area contributed by atoms with Crippen molar-refractivity contribution in [2.45, 2.75) is 12.8 Å². The molecule has 0 unspecified atom stereocenters. The van der Waals surface area contributed by atoms with Crippen molar-refractivity contribution >= 4 is 23.9 Å². The highest BCUT2D eigenvalue weighted by Crippen LogP contribution is 2.18. The van der Waals surface area contributed by atoms with E-state index >= 15 is 0 Å². The third kappa shape index (κ3) is 2.18. The Morgan fingerprint density at radius 2 is 1.13 bits per heavy atom. The van der Waals surface area contributed by atoms with E-state index in [-0.39, 0.29) is 0 Å². The van der Waals surface area contributed by atoms with Crippen LogP contribution < -0.4 is 15.6 Å². The lowest BCUT2D eigenvalue weighted by Gasteiger charge is -2.32. The summed E-state index contributed by atoms with van der Waals surface area (Å²) in [6, 6.07) is 28.5. The fraction of sp³-hybridized carbons (Fsp3) is 0.143. The van der Waals surface area contributed by atoms with Gasteiger partial charge in [-0.25, -0.2) is 0 Å². The van der Waals surface area contributed by atoms with Gasteiger partial charge in [-0.2, -0.15) is 0 Å². The minimum Gasteiger partial charge on any atom is -0.408 e. The van der Waals surface area contributed by atoms with Gasteiger partial charge in [-0.15, -0.1) is 0 Å². The van der Waals surface area contributed by atoms with Gasteiger partial charge in [0.25, 0.3) is 8.32 Å². The first kappa shape index (κ1) is 14.4. The first-order chi connectivity index (χ1) is 11.4. The maximum atomic E-state index is 6.44. The summed E-state index contributed by atoms with van der Waals surface area (Å²) in [5.74, 6) is 0. The van der Waals surface area contributed by atoms with Crippen LogP contribution in [0.3, 0.4) is 0 Å². The van der Waals surface area contributed by atoms with Gasteiger partial charge in [-0.3, -0.25) is 0 Å². The van der Waals surface area contributed by atoms with Crippen molar-refractivity contribution in [1.29, 1.82) is 0 Å². The summed E-state index contributed by atoms with van der Waals surface area (Å²) in [5.41, 5.74) is 2.86. The van der Waals surface area contributed by atoms with E-state index in [2.05, 4.69) is 78.9 Å². The highest BCUT2D eigenvalue weighted by atomic mass is 28.4. The van der Waals surface area contributed by atoms with E-state index in [0.717, 1.165) is 12.8 Å². The Hall–Kier alpha value is -2.16. The monoisotopic (exact) mass is 316 g/mol. The zero-order chi connectivity index (χ0) is 15.7. The van der Waals surface area contributed by atoms with Crippen LogP contribution in [0.25, 0.3) is 0 Å². The van der Waals surface area contributed by atoms with Crippen molar-refractivity contribution in [2.75, 3.05) is 7.11 Å². The summed E-state index contributed by atoms with van der Waals surface area (Å²) in [6.45, 7) is 0. The zero-order valence-corrected chi connectivity index (χ0v) is 14.3. The van der Waals surface area contributed by atoms with Crippen molar-refractivity contribution in [1.82, 2.24) is 0 Å². The standard InChI is InChI=1S/C21H20OSi/c1-22-23(19-11-3-2-4-12-19)20-13-7-5-9-17(20)15-16-18-10-6-8-14-21(18)23/h2-14H,15-16H2,1H3. The minimum absolute atomic E-state index is 1.08. The first-order valence-electron chi connectivity index (χ1n) is 8.13. The number of rotatable bonds is 2. The van der Waals surface area contributed by atoms with Crippen LogP contribution in [0.5, 0.6) is 0 Å². The third-order valence-corrected chi connectivity index (χ3v) is 9.19. The van der Waals surface area contributed by atoms with Crippen LogP contribution in [-0.2, 0) is 17.3 Å². The molecule has 3 aromatic rings. The second-order valence-corrected chi connectivity index (χ2v) is 9.49. The van der Waals surface area contributed by atoms with E-state index in [4.69, 9.17) is 4.43 Å². The molecule has 0 spiro atoms. The molecule has 0 atom stereocenters. The SMILES string of the molecule is CO[Si]1(c2ccccc2)c2ccccc2CCc2ccccc21. The highest BCUT2D eigenvalue weighted by Gasteiger charge is 2.44. The van der Waals surface area contributed by atoms with E-state index in [1.807, 2.05) is 7.11 Å². The second kappa shape index (κ2) is 5.80. The normalized spacial score (nSPS) is 15.3. The van der Waals surface area contributed by atoms with Crippen molar-refractivity contribution in [3.05, 3.63) is 90.0 Å². The Balaban J connectivity index is 2.11. The Kier molecular flexibility index (Phi) is 3.64. The van der Waals surface area contributed by atoms with Crippen molar-refractivity contribution in [2.24, 2.45) is 0 Å². The predicted octanol–water partition coefficient (Wildman–Crippen LogP) is 2.40.